The first-order valence-electron chi connectivity index (χ1n) is 7.03. The van der Waals surface area contributed by atoms with Gasteiger partial charge in [0.2, 0.25) is 0 Å². The van der Waals surface area contributed by atoms with Crippen molar-refractivity contribution in [2.75, 3.05) is 5.73 Å². The molecule has 0 radical (unpaired) electrons. The van der Waals surface area contributed by atoms with Crippen LogP contribution in [0.1, 0.15) is 50.4 Å². The number of ether oxygens (including phenoxy) is 1. The molecule has 110 valence electrons. The number of halogens is 1. The van der Waals surface area contributed by atoms with Gasteiger partial charge in [-0.2, -0.15) is 0 Å². The Kier molecular flexibility index (Phi) is 4.02. The predicted molar refractivity (Wildman–Crippen MR) is 76.8 cm³/mol. The maximum absolute atomic E-state index is 13.6. The lowest BCUT2D eigenvalue weighted by Gasteiger charge is -2.38. The molecule has 2 atom stereocenters. The SMILES string of the molecule is CC1CC(OC(=O)c2cc(N)ccc2F)CC(C)(C)C1. The number of carbonyl (C=O) groups is 1. The van der Waals surface area contributed by atoms with Crippen molar-refractivity contribution in [2.24, 2.45) is 11.3 Å². The molecule has 0 aliphatic heterocycles. The van der Waals surface area contributed by atoms with Gasteiger partial charge in [0.05, 0.1) is 5.56 Å². The molecule has 0 amide bonds. The van der Waals surface area contributed by atoms with Crippen molar-refractivity contribution in [3.05, 3.63) is 29.6 Å². The van der Waals surface area contributed by atoms with E-state index in [4.69, 9.17) is 10.5 Å². The monoisotopic (exact) mass is 279 g/mol. The number of hydrogen-bond donors (Lipinski definition) is 1. The molecule has 2 N–H and O–H groups in total. The third kappa shape index (κ3) is 3.50. The average Bonchev–Trinajstić information content (AvgIpc) is 2.29. The van der Waals surface area contributed by atoms with Crippen LogP contribution in [0, 0.1) is 17.2 Å². The highest BCUT2D eigenvalue weighted by Crippen LogP contribution is 2.39. The van der Waals surface area contributed by atoms with Gasteiger partial charge in [0.25, 0.3) is 0 Å². The van der Waals surface area contributed by atoms with Crippen LogP contribution in [0.15, 0.2) is 18.2 Å². The molecule has 0 bridgehead atoms. The Labute approximate surface area is 119 Å². The van der Waals surface area contributed by atoms with E-state index in [9.17, 15) is 9.18 Å². The standard InChI is InChI=1S/C16H22FNO2/c1-10-6-12(9-16(2,3)8-10)20-15(19)13-7-11(18)4-5-14(13)17/h4-5,7,10,12H,6,8-9,18H2,1-3H3. The van der Waals surface area contributed by atoms with E-state index in [2.05, 4.69) is 20.8 Å². The van der Waals surface area contributed by atoms with Gasteiger partial charge in [-0.1, -0.05) is 20.8 Å². The van der Waals surface area contributed by atoms with Crippen molar-refractivity contribution in [1.82, 2.24) is 0 Å². The summed E-state index contributed by atoms with van der Waals surface area (Å²) in [6.45, 7) is 6.50. The van der Waals surface area contributed by atoms with Gasteiger partial charge in [-0.05, 0) is 48.8 Å². The van der Waals surface area contributed by atoms with Crippen LogP contribution in [0.4, 0.5) is 10.1 Å². The lowest BCUT2D eigenvalue weighted by Crippen LogP contribution is -2.34. The summed E-state index contributed by atoms with van der Waals surface area (Å²) in [5.74, 6) is -0.709. The van der Waals surface area contributed by atoms with Crippen LogP contribution < -0.4 is 5.73 Å². The number of hydrogen-bond acceptors (Lipinski definition) is 3. The average molecular weight is 279 g/mol. The lowest BCUT2D eigenvalue weighted by atomic mass is 9.71. The summed E-state index contributed by atoms with van der Waals surface area (Å²) in [4.78, 5) is 12.1. The summed E-state index contributed by atoms with van der Waals surface area (Å²) in [7, 11) is 0. The summed E-state index contributed by atoms with van der Waals surface area (Å²) in [5.41, 5.74) is 6.01. The maximum Gasteiger partial charge on any atom is 0.341 e. The first-order chi connectivity index (χ1) is 9.27. The van der Waals surface area contributed by atoms with Crippen LogP contribution in [-0.4, -0.2) is 12.1 Å². The summed E-state index contributed by atoms with van der Waals surface area (Å²) >= 11 is 0. The van der Waals surface area contributed by atoms with Gasteiger partial charge < -0.3 is 10.5 Å². The molecule has 1 aromatic rings. The summed E-state index contributed by atoms with van der Waals surface area (Å²) < 4.78 is 19.1. The van der Waals surface area contributed by atoms with E-state index in [0.29, 0.717) is 11.6 Å². The number of esters is 1. The highest BCUT2D eigenvalue weighted by molar-refractivity contribution is 5.90. The first-order valence-corrected chi connectivity index (χ1v) is 7.03. The van der Waals surface area contributed by atoms with Gasteiger partial charge in [0, 0.05) is 5.69 Å². The van der Waals surface area contributed by atoms with Crippen molar-refractivity contribution >= 4 is 11.7 Å². The van der Waals surface area contributed by atoms with Crippen LogP contribution in [0.5, 0.6) is 0 Å². The second-order valence-corrected chi connectivity index (χ2v) is 6.68. The molecule has 0 aromatic heterocycles. The van der Waals surface area contributed by atoms with E-state index in [1.54, 1.807) is 0 Å². The van der Waals surface area contributed by atoms with Crippen molar-refractivity contribution in [2.45, 2.75) is 46.1 Å². The zero-order chi connectivity index (χ0) is 14.9. The van der Waals surface area contributed by atoms with Gasteiger partial charge >= 0.3 is 5.97 Å². The number of anilines is 1. The minimum atomic E-state index is -0.621. The molecule has 2 unspecified atom stereocenters. The van der Waals surface area contributed by atoms with Gasteiger partial charge in [-0.3, -0.25) is 0 Å². The van der Waals surface area contributed by atoms with Crippen molar-refractivity contribution in [1.29, 1.82) is 0 Å². The normalized spacial score (nSPS) is 25.2. The zero-order valence-electron chi connectivity index (χ0n) is 12.3. The minimum absolute atomic E-state index is 0.0824. The lowest BCUT2D eigenvalue weighted by molar-refractivity contribution is -0.00750. The van der Waals surface area contributed by atoms with Crippen LogP contribution in [-0.2, 0) is 4.74 Å². The van der Waals surface area contributed by atoms with E-state index < -0.39 is 11.8 Å². The molecule has 1 saturated carbocycles. The fraction of sp³-hybridized carbons (Fsp3) is 0.562. The number of rotatable bonds is 2. The molecular formula is C16H22FNO2. The third-order valence-corrected chi connectivity index (χ3v) is 3.83. The van der Waals surface area contributed by atoms with Crippen molar-refractivity contribution < 1.29 is 13.9 Å². The van der Waals surface area contributed by atoms with Crippen LogP contribution in [0.3, 0.4) is 0 Å². The van der Waals surface area contributed by atoms with Crippen LogP contribution in [0.25, 0.3) is 0 Å². The fourth-order valence-electron chi connectivity index (χ4n) is 3.26. The molecule has 2 rings (SSSR count). The second-order valence-electron chi connectivity index (χ2n) is 6.68. The molecule has 3 nitrogen and oxygen atoms in total. The zero-order valence-corrected chi connectivity index (χ0v) is 12.3. The van der Waals surface area contributed by atoms with Crippen LogP contribution >= 0.6 is 0 Å². The van der Waals surface area contributed by atoms with Crippen molar-refractivity contribution in [3.8, 4) is 0 Å². The number of nitrogens with two attached hydrogens (primary N) is 1. The smallest absolute Gasteiger partial charge is 0.341 e. The quantitative estimate of drug-likeness (QED) is 0.662. The number of carbonyl (C=O) groups excluding carboxylic acids is 1. The van der Waals surface area contributed by atoms with Gasteiger partial charge in [0.15, 0.2) is 0 Å². The Hall–Kier alpha value is -1.58. The minimum Gasteiger partial charge on any atom is -0.459 e. The van der Waals surface area contributed by atoms with E-state index in [0.717, 1.165) is 19.3 Å². The van der Waals surface area contributed by atoms with E-state index in [-0.39, 0.29) is 17.1 Å². The molecule has 1 fully saturated rings. The van der Waals surface area contributed by atoms with Gasteiger partial charge in [0.1, 0.15) is 11.9 Å². The van der Waals surface area contributed by atoms with Crippen molar-refractivity contribution in [3.63, 3.8) is 0 Å². The molecule has 0 heterocycles. The molecule has 4 heteroatoms. The topological polar surface area (TPSA) is 52.3 Å². The fourth-order valence-corrected chi connectivity index (χ4v) is 3.26. The number of benzene rings is 1. The maximum atomic E-state index is 13.6. The molecule has 20 heavy (non-hydrogen) atoms. The van der Waals surface area contributed by atoms with E-state index in [1.807, 2.05) is 0 Å². The third-order valence-electron chi connectivity index (χ3n) is 3.83. The molecular weight excluding hydrogens is 257 g/mol. The van der Waals surface area contributed by atoms with E-state index in [1.165, 1.54) is 18.2 Å². The molecule has 1 aromatic carbocycles. The Morgan fingerprint density at radius 3 is 2.75 bits per heavy atom. The summed E-state index contributed by atoms with van der Waals surface area (Å²) in [6, 6.07) is 3.95. The largest absolute Gasteiger partial charge is 0.459 e. The molecule has 1 aliphatic rings. The van der Waals surface area contributed by atoms with Gasteiger partial charge in [-0.25, -0.2) is 9.18 Å². The molecule has 0 saturated heterocycles. The highest BCUT2D eigenvalue weighted by atomic mass is 19.1. The van der Waals surface area contributed by atoms with Gasteiger partial charge in [-0.15, -0.1) is 0 Å². The second kappa shape index (κ2) is 5.43. The Morgan fingerprint density at radius 1 is 1.40 bits per heavy atom. The predicted octanol–water partition coefficient (Wildman–Crippen LogP) is 3.78. The summed E-state index contributed by atoms with van der Waals surface area (Å²) in [5, 5.41) is 0. The van der Waals surface area contributed by atoms with E-state index >= 15 is 0 Å². The highest BCUT2D eigenvalue weighted by Gasteiger charge is 2.34. The molecule has 1 aliphatic carbocycles. The molecule has 0 spiro atoms. The Balaban J connectivity index is 2.09. The van der Waals surface area contributed by atoms with Crippen LogP contribution in [0.2, 0.25) is 0 Å². The summed E-state index contributed by atoms with van der Waals surface area (Å²) in [6.07, 6.45) is 2.61. The first kappa shape index (κ1) is 14.8. The number of nitrogen functional groups attached to an aromatic ring is 1. The Morgan fingerprint density at radius 2 is 2.10 bits per heavy atom. The Bertz CT molecular complexity index is 513.